The normalized spacial score (nSPS) is 11.9. The van der Waals surface area contributed by atoms with Crippen LogP contribution in [-0.2, 0) is 0 Å². The molecule has 0 spiro atoms. The molecule has 1 heterocycles. The van der Waals surface area contributed by atoms with Crippen LogP contribution in [0.5, 0.6) is 0 Å². The number of hydrogen-bond donors (Lipinski definition) is 0. The Morgan fingerprint density at radius 2 is 1.00 bits per heavy atom. The number of hydrogen-bond acceptors (Lipinski definition) is 3. The first-order valence-corrected chi connectivity index (χ1v) is 11.1. The summed E-state index contributed by atoms with van der Waals surface area (Å²) in [5.74, 6) is 0. The van der Waals surface area contributed by atoms with Gasteiger partial charge in [-0.3, -0.25) is 9.98 Å². The van der Waals surface area contributed by atoms with E-state index in [9.17, 15) is 0 Å². The molecule has 0 radical (unpaired) electrons. The van der Waals surface area contributed by atoms with Gasteiger partial charge in [0.2, 0.25) is 0 Å². The molecule has 5 rings (SSSR count). The molecule has 0 aliphatic carbocycles. The highest BCUT2D eigenvalue weighted by Gasteiger charge is 2.10. The van der Waals surface area contributed by atoms with Gasteiger partial charge in [0.05, 0.1) is 11.4 Å². The lowest BCUT2D eigenvalue weighted by Crippen LogP contribution is -1.88. The summed E-state index contributed by atoms with van der Waals surface area (Å²) in [6.07, 6.45) is 3.94. The predicted molar refractivity (Wildman–Crippen MR) is 136 cm³/mol. The monoisotopic (exact) mass is 418 g/mol. The van der Waals surface area contributed by atoms with Crippen LogP contribution in [0, 0.1) is 13.8 Å². The fourth-order valence-electron chi connectivity index (χ4n) is 3.70. The maximum absolute atomic E-state index is 4.66. The molecule has 0 bridgehead atoms. The SMILES string of the molecule is Cc1cc2sc3cc(C)c(/C=N/c4ccccc4)cc3c2cc1/C=N/c1ccccc1. The van der Waals surface area contributed by atoms with Crippen molar-refractivity contribution in [3.8, 4) is 0 Å². The van der Waals surface area contributed by atoms with Crippen LogP contribution in [0.25, 0.3) is 20.2 Å². The largest absolute Gasteiger partial charge is 0.256 e. The van der Waals surface area contributed by atoms with Crippen LogP contribution in [0.2, 0.25) is 0 Å². The quantitative estimate of drug-likeness (QED) is 0.263. The minimum atomic E-state index is 0.965. The Morgan fingerprint density at radius 1 is 0.581 bits per heavy atom. The Bertz CT molecular complexity index is 1320. The molecule has 0 N–H and O–H groups in total. The Hall–Kier alpha value is -3.56. The van der Waals surface area contributed by atoms with Gasteiger partial charge in [-0.05, 0) is 84.6 Å². The van der Waals surface area contributed by atoms with Crippen LogP contribution in [0.3, 0.4) is 0 Å². The Balaban J connectivity index is 1.58. The number of fused-ring (bicyclic) bond motifs is 3. The molecule has 0 fully saturated rings. The van der Waals surface area contributed by atoms with E-state index < -0.39 is 0 Å². The molecular weight excluding hydrogens is 396 g/mol. The van der Waals surface area contributed by atoms with Crippen LogP contribution < -0.4 is 0 Å². The minimum Gasteiger partial charge on any atom is -0.256 e. The summed E-state index contributed by atoms with van der Waals surface area (Å²) in [4.78, 5) is 9.32. The first-order valence-electron chi connectivity index (χ1n) is 10.3. The van der Waals surface area contributed by atoms with Crippen molar-refractivity contribution in [1.29, 1.82) is 0 Å². The molecular formula is C28H22N2S. The number of thiophene rings is 1. The number of nitrogens with zero attached hydrogens (tertiary/aromatic N) is 2. The molecule has 150 valence electrons. The van der Waals surface area contributed by atoms with E-state index in [4.69, 9.17) is 0 Å². The van der Waals surface area contributed by atoms with Crippen LogP contribution in [0.15, 0.2) is 94.9 Å². The fourth-order valence-corrected chi connectivity index (χ4v) is 4.97. The first kappa shape index (κ1) is 19.4. The number of para-hydroxylation sites is 2. The third-order valence-corrected chi connectivity index (χ3v) is 6.58. The zero-order valence-corrected chi connectivity index (χ0v) is 18.4. The Labute approximate surface area is 186 Å². The Kier molecular flexibility index (Phi) is 5.19. The maximum Gasteiger partial charge on any atom is 0.0629 e. The number of benzene rings is 4. The van der Waals surface area contributed by atoms with Gasteiger partial charge in [0.1, 0.15) is 0 Å². The summed E-state index contributed by atoms with van der Waals surface area (Å²) in [6, 6.07) is 29.2. The van der Waals surface area contributed by atoms with E-state index in [1.807, 2.05) is 84.4 Å². The lowest BCUT2D eigenvalue weighted by Gasteiger charge is -2.03. The van der Waals surface area contributed by atoms with E-state index >= 15 is 0 Å². The van der Waals surface area contributed by atoms with E-state index in [0.29, 0.717) is 0 Å². The van der Waals surface area contributed by atoms with Gasteiger partial charge in [-0.1, -0.05) is 36.4 Å². The van der Waals surface area contributed by atoms with E-state index in [2.05, 4.69) is 48.1 Å². The van der Waals surface area contributed by atoms with E-state index in [0.717, 1.165) is 22.5 Å². The molecule has 4 aromatic carbocycles. The minimum absolute atomic E-state index is 0.965. The molecule has 0 unspecified atom stereocenters. The molecule has 0 amide bonds. The van der Waals surface area contributed by atoms with Crippen molar-refractivity contribution in [1.82, 2.24) is 0 Å². The van der Waals surface area contributed by atoms with Crippen LogP contribution in [-0.4, -0.2) is 12.4 Å². The smallest absolute Gasteiger partial charge is 0.0629 e. The molecule has 5 aromatic rings. The van der Waals surface area contributed by atoms with Gasteiger partial charge in [0.15, 0.2) is 0 Å². The number of rotatable bonds is 4. The Morgan fingerprint density at radius 3 is 1.42 bits per heavy atom. The lowest BCUT2D eigenvalue weighted by atomic mass is 10.0. The molecule has 2 nitrogen and oxygen atoms in total. The third-order valence-electron chi connectivity index (χ3n) is 5.46. The molecule has 31 heavy (non-hydrogen) atoms. The lowest BCUT2D eigenvalue weighted by molar-refractivity contribution is 1.46. The standard InChI is InChI=1S/C28H22N2S/c1-19-13-27-25(15-21(19)17-29-23-9-5-3-6-10-23)26-16-22(20(2)14-28(26)31-27)18-30-24-11-7-4-8-12-24/h3-18H,1-2H3/b29-17+,30-18+. The van der Waals surface area contributed by atoms with Crippen molar-refractivity contribution in [2.75, 3.05) is 0 Å². The van der Waals surface area contributed by atoms with Gasteiger partial charge >= 0.3 is 0 Å². The highest BCUT2D eigenvalue weighted by molar-refractivity contribution is 7.25. The van der Waals surface area contributed by atoms with Crippen molar-refractivity contribution in [3.05, 3.63) is 107 Å². The van der Waals surface area contributed by atoms with Gasteiger partial charge in [-0.2, -0.15) is 0 Å². The second kappa shape index (κ2) is 8.29. The second-order valence-electron chi connectivity index (χ2n) is 7.70. The molecule has 0 saturated carbocycles. The summed E-state index contributed by atoms with van der Waals surface area (Å²) in [7, 11) is 0. The van der Waals surface area contributed by atoms with Gasteiger partial charge in [0.25, 0.3) is 0 Å². The van der Waals surface area contributed by atoms with Crippen molar-refractivity contribution < 1.29 is 0 Å². The average molecular weight is 419 g/mol. The third kappa shape index (κ3) is 4.05. The predicted octanol–water partition coefficient (Wildman–Crippen LogP) is 8.17. The molecule has 0 saturated heterocycles. The summed E-state index contributed by atoms with van der Waals surface area (Å²) in [5.41, 5.74) is 6.70. The van der Waals surface area contributed by atoms with E-state index in [1.54, 1.807) is 0 Å². The van der Waals surface area contributed by atoms with Gasteiger partial charge < -0.3 is 0 Å². The maximum atomic E-state index is 4.66. The first-order chi connectivity index (χ1) is 15.2. The van der Waals surface area contributed by atoms with Crippen LogP contribution in [0.1, 0.15) is 22.3 Å². The second-order valence-corrected chi connectivity index (χ2v) is 8.78. The molecule has 3 heteroatoms. The van der Waals surface area contributed by atoms with Crippen molar-refractivity contribution in [2.24, 2.45) is 9.98 Å². The highest BCUT2D eigenvalue weighted by atomic mass is 32.1. The topological polar surface area (TPSA) is 24.7 Å². The summed E-state index contributed by atoms with van der Waals surface area (Å²) < 4.78 is 2.61. The summed E-state index contributed by atoms with van der Waals surface area (Å²) >= 11 is 1.85. The van der Waals surface area contributed by atoms with Crippen molar-refractivity contribution in [3.63, 3.8) is 0 Å². The highest BCUT2D eigenvalue weighted by Crippen LogP contribution is 2.36. The molecule has 0 aliphatic rings. The molecule has 1 aromatic heterocycles. The fraction of sp³-hybridized carbons (Fsp3) is 0.0714. The van der Waals surface area contributed by atoms with Gasteiger partial charge in [-0.15, -0.1) is 11.3 Å². The zero-order valence-electron chi connectivity index (χ0n) is 17.5. The van der Waals surface area contributed by atoms with E-state index in [1.165, 1.54) is 31.3 Å². The van der Waals surface area contributed by atoms with Crippen molar-refractivity contribution >= 4 is 55.3 Å². The van der Waals surface area contributed by atoms with Gasteiger partial charge in [-0.25, -0.2) is 0 Å². The van der Waals surface area contributed by atoms with Crippen LogP contribution >= 0.6 is 11.3 Å². The number of aryl methyl sites for hydroxylation is 2. The zero-order chi connectivity index (χ0) is 21.2. The van der Waals surface area contributed by atoms with Gasteiger partial charge in [0, 0.05) is 32.6 Å². The van der Waals surface area contributed by atoms with E-state index in [-0.39, 0.29) is 0 Å². The number of aliphatic imine (C=N–C) groups is 2. The molecule has 0 atom stereocenters. The average Bonchev–Trinajstić information content (AvgIpc) is 3.13. The molecule has 0 aliphatic heterocycles. The summed E-state index contributed by atoms with van der Waals surface area (Å²) in [5, 5.41) is 2.55. The van der Waals surface area contributed by atoms with Crippen molar-refractivity contribution in [2.45, 2.75) is 13.8 Å². The summed E-state index contributed by atoms with van der Waals surface area (Å²) in [6.45, 7) is 4.30. The van der Waals surface area contributed by atoms with Crippen LogP contribution in [0.4, 0.5) is 11.4 Å².